The van der Waals surface area contributed by atoms with E-state index in [2.05, 4.69) is 16.0 Å². The summed E-state index contributed by atoms with van der Waals surface area (Å²) in [5.41, 5.74) is 0.692. The molecule has 0 heterocycles. The lowest BCUT2D eigenvalue weighted by molar-refractivity contribution is 0.0934. The normalized spacial score (nSPS) is 12.2. The highest BCUT2D eigenvalue weighted by Crippen LogP contribution is 2.30. The first-order valence-electron chi connectivity index (χ1n) is 7.32. The van der Waals surface area contributed by atoms with Gasteiger partial charge in [-0.3, -0.25) is 4.79 Å². The summed E-state index contributed by atoms with van der Waals surface area (Å²) in [5, 5.41) is 9.40. The van der Waals surface area contributed by atoms with Crippen molar-refractivity contribution in [3.05, 3.63) is 62.1 Å². The van der Waals surface area contributed by atoms with Crippen molar-refractivity contribution < 1.29 is 4.79 Å². The van der Waals surface area contributed by atoms with Crippen LogP contribution in [0.15, 0.2) is 36.4 Å². The number of carbonyl (C=O) groups is 1. The van der Waals surface area contributed by atoms with Crippen LogP contribution in [0.1, 0.15) is 10.4 Å². The van der Waals surface area contributed by atoms with Gasteiger partial charge in [-0.1, -0.05) is 81.2 Å². The average Bonchev–Trinajstić information content (AvgIpc) is 2.56. The van der Waals surface area contributed by atoms with Gasteiger partial charge in [-0.15, -0.1) is 0 Å². The minimum absolute atomic E-state index is 0.0669. The molecule has 0 fully saturated rings. The van der Waals surface area contributed by atoms with Crippen LogP contribution in [-0.2, 0) is 0 Å². The molecule has 0 aliphatic rings. The quantitative estimate of drug-likeness (QED) is 0.229. The summed E-state index contributed by atoms with van der Waals surface area (Å²) >= 11 is 46.8. The molecule has 2 aromatic rings. The van der Waals surface area contributed by atoms with E-state index in [4.69, 9.17) is 93.4 Å². The maximum absolute atomic E-state index is 12.5. The standard InChI is InChI=1S/C16H10Cl7N3OS/c17-7-1-3-9(11(19)5-7)13(27)25-14(16(21,22)23)26-15(28)24-8-2-4-10(18)12(20)6-8/h1-6,14H,(H,25,27)(H2,24,26,28)/t14-/m1/s1. The van der Waals surface area contributed by atoms with Crippen LogP contribution in [0.2, 0.25) is 20.1 Å². The summed E-state index contributed by atoms with van der Waals surface area (Å²) in [5.74, 6) is -0.595. The number of hydrogen-bond acceptors (Lipinski definition) is 2. The molecule has 0 unspecified atom stereocenters. The molecule has 0 bridgehead atoms. The summed E-state index contributed by atoms with van der Waals surface area (Å²) < 4.78 is -1.93. The topological polar surface area (TPSA) is 53.2 Å². The fourth-order valence-electron chi connectivity index (χ4n) is 1.95. The minimum atomic E-state index is -1.93. The largest absolute Gasteiger partial charge is 0.339 e. The second-order valence-corrected chi connectivity index (χ2v) is 9.73. The molecular weight excluding hydrogens is 530 g/mol. The van der Waals surface area contributed by atoms with Crippen LogP contribution in [0.3, 0.4) is 0 Å². The van der Waals surface area contributed by atoms with E-state index in [0.29, 0.717) is 20.8 Å². The Balaban J connectivity index is 2.11. The zero-order chi connectivity index (χ0) is 21.1. The fraction of sp³-hybridized carbons (Fsp3) is 0.125. The number of hydrogen-bond donors (Lipinski definition) is 3. The molecule has 150 valence electrons. The number of nitrogens with one attached hydrogen (secondary N) is 3. The third kappa shape index (κ3) is 6.85. The van der Waals surface area contributed by atoms with Crippen LogP contribution in [0, 0.1) is 0 Å². The molecule has 12 heteroatoms. The monoisotopic (exact) mass is 537 g/mol. The molecule has 0 saturated carbocycles. The molecule has 0 aliphatic heterocycles. The van der Waals surface area contributed by atoms with Crippen LogP contribution in [-0.4, -0.2) is 21.0 Å². The average molecular weight is 541 g/mol. The lowest BCUT2D eigenvalue weighted by Gasteiger charge is -2.28. The molecule has 0 aliphatic carbocycles. The first kappa shape index (κ1) is 23.9. The Kier molecular flexibility index (Phi) is 8.62. The number of amides is 1. The van der Waals surface area contributed by atoms with Crippen molar-refractivity contribution >= 4 is 110 Å². The van der Waals surface area contributed by atoms with E-state index in [1.165, 1.54) is 18.2 Å². The van der Waals surface area contributed by atoms with Gasteiger partial charge < -0.3 is 16.0 Å². The van der Waals surface area contributed by atoms with Gasteiger partial charge in [0.25, 0.3) is 5.91 Å². The predicted octanol–water partition coefficient (Wildman–Crippen LogP) is 6.71. The molecule has 1 amide bonds. The summed E-state index contributed by atoms with van der Waals surface area (Å²) in [7, 11) is 0. The number of alkyl halides is 3. The Morgan fingerprint density at radius 2 is 1.57 bits per heavy atom. The van der Waals surface area contributed by atoms with Gasteiger partial charge in [-0.05, 0) is 48.6 Å². The van der Waals surface area contributed by atoms with E-state index in [1.807, 2.05) is 0 Å². The van der Waals surface area contributed by atoms with Gasteiger partial charge in [0.1, 0.15) is 6.17 Å². The maximum atomic E-state index is 12.5. The van der Waals surface area contributed by atoms with Crippen LogP contribution in [0.5, 0.6) is 0 Å². The van der Waals surface area contributed by atoms with Gasteiger partial charge in [0.05, 0.1) is 20.6 Å². The summed E-state index contributed by atoms with van der Waals surface area (Å²) in [6.45, 7) is 0. The van der Waals surface area contributed by atoms with Gasteiger partial charge in [0.15, 0.2) is 5.11 Å². The minimum Gasteiger partial charge on any atom is -0.339 e. The van der Waals surface area contributed by atoms with Gasteiger partial charge >= 0.3 is 0 Å². The van der Waals surface area contributed by atoms with E-state index in [1.54, 1.807) is 18.2 Å². The molecular formula is C16H10Cl7N3OS. The Morgan fingerprint density at radius 3 is 2.14 bits per heavy atom. The van der Waals surface area contributed by atoms with Crippen molar-refractivity contribution in [3.8, 4) is 0 Å². The van der Waals surface area contributed by atoms with Gasteiger partial charge in [0, 0.05) is 10.7 Å². The van der Waals surface area contributed by atoms with Crippen LogP contribution < -0.4 is 16.0 Å². The maximum Gasteiger partial charge on any atom is 0.254 e. The lowest BCUT2D eigenvalue weighted by Crippen LogP contribution is -2.56. The smallest absolute Gasteiger partial charge is 0.254 e. The van der Waals surface area contributed by atoms with E-state index >= 15 is 0 Å². The number of halogens is 7. The van der Waals surface area contributed by atoms with Crippen molar-refractivity contribution in [1.29, 1.82) is 0 Å². The van der Waals surface area contributed by atoms with Gasteiger partial charge in [0.2, 0.25) is 3.79 Å². The number of rotatable bonds is 4. The SMILES string of the molecule is O=C(N[C@H](NC(=S)Nc1ccc(Cl)c(Cl)c1)C(Cl)(Cl)Cl)c1ccc(Cl)cc1Cl. The van der Waals surface area contributed by atoms with Crippen molar-refractivity contribution in [2.75, 3.05) is 5.32 Å². The fourth-order valence-corrected chi connectivity index (χ4v) is 3.31. The lowest BCUT2D eigenvalue weighted by atomic mass is 10.2. The van der Waals surface area contributed by atoms with E-state index < -0.39 is 15.9 Å². The summed E-state index contributed by atoms with van der Waals surface area (Å²) in [6, 6.07) is 9.18. The molecule has 0 aromatic heterocycles. The Morgan fingerprint density at radius 1 is 0.893 bits per heavy atom. The van der Waals surface area contributed by atoms with Gasteiger partial charge in [-0.25, -0.2) is 0 Å². The highest BCUT2D eigenvalue weighted by atomic mass is 35.6. The number of anilines is 1. The first-order valence-corrected chi connectivity index (χ1v) is 10.4. The Labute approximate surface area is 201 Å². The summed E-state index contributed by atoms with van der Waals surface area (Å²) in [4.78, 5) is 12.5. The number of thiocarbonyl (C=S) groups is 1. The van der Waals surface area contributed by atoms with E-state index in [0.717, 1.165) is 0 Å². The molecule has 0 saturated heterocycles. The second-order valence-electron chi connectivity index (χ2n) is 5.30. The second kappa shape index (κ2) is 10.1. The Bertz CT molecular complexity index is 904. The van der Waals surface area contributed by atoms with Crippen molar-refractivity contribution in [3.63, 3.8) is 0 Å². The van der Waals surface area contributed by atoms with Crippen molar-refractivity contribution in [2.24, 2.45) is 0 Å². The van der Waals surface area contributed by atoms with Crippen molar-refractivity contribution in [1.82, 2.24) is 10.6 Å². The Hall–Kier alpha value is -0.370. The van der Waals surface area contributed by atoms with Crippen molar-refractivity contribution in [2.45, 2.75) is 9.96 Å². The predicted molar refractivity (Wildman–Crippen MR) is 124 cm³/mol. The molecule has 3 N–H and O–H groups in total. The molecule has 0 spiro atoms. The zero-order valence-corrected chi connectivity index (χ0v) is 19.6. The molecule has 2 aromatic carbocycles. The third-order valence-electron chi connectivity index (χ3n) is 3.23. The third-order valence-corrected chi connectivity index (χ3v) is 5.39. The molecule has 4 nitrogen and oxygen atoms in total. The number of carbonyl (C=O) groups excluding carboxylic acids is 1. The van der Waals surface area contributed by atoms with E-state index in [-0.39, 0.29) is 15.7 Å². The summed E-state index contributed by atoms with van der Waals surface area (Å²) in [6.07, 6.45) is -1.18. The molecule has 0 radical (unpaired) electrons. The highest BCUT2D eigenvalue weighted by molar-refractivity contribution is 7.80. The van der Waals surface area contributed by atoms with Crippen LogP contribution in [0.4, 0.5) is 5.69 Å². The van der Waals surface area contributed by atoms with Gasteiger partial charge in [-0.2, -0.15) is 0 Å². The van der Waals surface area contributed by atoms with Crippen LogP contribution in [0.25, 0.3) is 0 Å². The molecule has 28 heavy (non-hydrogen) atoms. The number of benzene rings is 2. The highest BCUT2D eigenvalue weighted by Gasteiger charge is 2.35. The molecule has 1 atom stereocenters. The zero-order valence-electron chi connectivity index (χ0n) is 13.5. The molecule has 2 rings (SSSR count). The first-order chi connectivity index (χ1) is 13.0. The van der Waals surface area contributed by atoms with E-state index in [9.17, 15) is 4.79 Å². The van der Waals surface area contributed by atoms with Crippen LogP contribution >= 0.6 is 93.4 Å².